The molecule has 0 heterocycles. The Morgan fingerprint density at radius 1 is 1.32 bits per heavy atom. The van der Waals surface area contributed by atoms with E-state index in [4.69, 9.17) is 10.2 Å². The van der Waals surface area contributed by atoms with Gasteiger partial charge in [-0.3, -0.25) is 9.59 Å². The quantitative estimate of drug-likeness (QED) is 0.348. The molecule has 109 valence electrons. The molecule has 6 nitrogen and oxygen atoms in total. The average molecular weight is 417 g/mol. The second-order valence-corrected chi connectivity index (χ2v) is 3.98. The number of carbonyl (C=O) groups excluding carboxylic acids is 1. The normalized spacial score (nSPS) is 10.5. The summed E-state index contributed by atoms with van der Waals surface area (Å²) < 4.78 is 0. The molecule has 0 spiro atoms. The number of aliphatic carboxylic acids is 1. The van der Waals surface area contributed by atoms with Crippen molar-refractivity contribution >= 4 is 72.7 Å². The minimum Gasteiger partial charge on any atom is 0 e. The maximum atomic E-state index is 11.3. The Bertz CT molecular complexity index is 261. The number of aliphatic hydroxyl groups is 2. The van der Waals surface area contributed by atoms with E-state index in [1.165, 1.54) is 13.8 Å². The Kier molecular flexibility index (Phi) is 28.3. The van der Waals surface area contributed by atoms with Crippen LogP contribution in [0.25, 0.3) is 0 Å². The van der Waals surface area contributed by atoms with Gasteiger partial charge in [0.2, 0.25) is 5.91 Å². The van der Waals surface area contributed by atoms with Crippen LogP contribution in [0.1, 0.15) is 20.3 Å². The smallest absolute Gasteiger partial charge is 0 e. The fourth-order valence-electron chi connectivity index (χ4n) is 0.831. The monoisotopic (exact) mass is 414 g/mol. The Hall–Kier alpha value is 2.03. The number of hydrogen-bond acceptors (Lipinski definition) is 4. The zero-order valence-corrected chi connectivity index (χ0v) is 13.8. The van der Waals surface area contributed by atoms with Gasteiger partial charge in [0, 0.05) is 48.5 Å². The molecule has 0 saturated carbocycles. The molecule has 0 aromatic rings. The molecule has 0 aliphatic rings. The summed E-state index contributed by atoms with van der Waals surface area (Å²) >= 11 is 0. The topological polar surface area (TPSA) is 107 Å². The number of hydrogen-bond donors (Lipinski definition) is 4. The molecule has 0 fully saturated rings. The number of carboxylic acids is 1. The first-order chi connectivity index (χ1) is 6.81. The molecular formula is C9H21CaCuMgNO5Zn. The largest absolute Gasteiger partial charge is 0.316 e. The number of aliphatic hydroxyl groups excluding tert-OH is 2. The second kappa shape index (κ2) is 16.4. The van der Waals surface area contributed by atoms with E-state index >= 15 is 0 Å². The predicted octanol–water partition coefficient (Wildman–Crippen LogP) is -2.88. The molecule has 0 aromatic heterocycles. The Morgan fingerprint density at radius 3 is 2.05 bits per heavy atom. The molecule has 4 N–H and O–H groups in total. The number of amides is 1. The summed E-state index contributed by atoms with van der Waals surface area (Å²) in [6.07, 6.45) is -1.55. The first-order valence-electron chi connectivity index (χ1n) is 4.59. The number of carboxylic acid groups (broad SMARTS) is 1. The van der Waals surface area contributed by atoms with Crippen LogP contribution < -0.4 is 5.32 Å². The minimum absolute atomic E-state index is 0. The van der Waals surface area contributed by atoms with Gasteiger partial charge in [-0.1, -0.05) is 13.8 Å². The summed E-state index contributed by atoms with van der Waals surface area (Å²) in [6.45, 7) is 2.70. The van der Waals surface area contributed by atoms with E-state index in [9.17, 15) is 14.7 Å². The van der Waals surface area contributed by atoms with Crippen LogP contribution in [-0.4, -0.2) is 107 Å². The van der Waals surface area contributed by atoms with Crippen molar-refractivity contribution in [2.75, 3.05) is 13.2 Å². The van der Waals surface area contributed by atoms with Crippen molar-refractivity contribution in [3.63, 3.8) is 0 Å². The third-order valence-electron chi connectivity index (χ3n) is 2.03. The van der Waals surface area contributed by atoms with Crippen molar-refractivity contribution in [1.82, 2.24) is 5.32 Å². The summed E-state index contributed by atoms with van der Waals surface area (Å²) in [7, 11) is 0. The first-order valence-corrected chi connectivity index (χ1v) is 4.59. The molecule has 19 heavy (non-hydrogen) atoms. The van der Waals surface area contributed by atoms with E-state index in [2.05, 4.69) is 5.32 Å². The molecular weight excluding hydrogens is 395 g/mol. The third kappa shape index (κ3) is 14.7. The Morgan fingerprint density at radius 2 is 1.74 bits per heavy atom. The van der Waals surface area contributed by atoms with Gasteiger partial charge in [-0.05, 0) is 0 Å². The summed E-state index contributed by atoms with van der Waals surface area (Å²) in [6, 6.07) is 0. The van der Waals surface area contributed by atoms with Gasteiger partial charge in [-0.2, -0.15) is 0 Å². The molecule has 0 aliphatic heterocycles. The summed E-state index contributed by atoms with van der Waals surface area (Å²) in [5.74, 6) is -1.69. The van der Waals surface area contributed by atoms with Crippen LogP contribution in [-0.2, 0) is 46.1 Å². The second-order valence-electron chi connectivity index (χ2n) is 3.98. The number of nitrogens with one attached hydrogen (secondary N) is 1. The Labute approximate surface area is 182 Å². The van der Waals surface area contributed by atoms with Gasteiger partial charge >= 0.3 is 66.8 Å². The van der Waals surface area contributed by atoms with Crippen LogP contribution in [0.5, 0.6) is 0 Å². The van der Waals surface area contributed by atoms with Crippen molar-refractivity contribution in [2.45, 2.75) is 26.4 Å². The van der Waals surface area contributed by atoms with Crippen molar-refractivity contribution < 1.29 is 61.5 Å². The standard InChI is InChI=1S/C9H17NO5.Ca.Cu.Mg.Zn.4H/c1-9(2,5-11)7(14)8(15)10-4-3-6(12)13;;;;;;;;/h7,11,14H,3-5H2,1-2H3,(H,10,15)(H,12,13);;;;;;;;. The Balaban J connectivity index is -0.000000163. The van der Waals surface area contributed by atoms with E-state index in [0.717, 1.165) is 0 Å². The SMILES string of the molecule is CC(C)(CO)C(O)C(=O)NCCC(=O)O.[CaH2].[Cu].[MgH2].[Zn]. The molecule has 0 rings (SSSR count). The van der Waals surface area contributed by atoms with Gasteiger partial charge in [0.15, 0.2) is 0 Å². The average Bonchev–Trinajstić information content (AvgIpc) is 2.15. The zero-order valence-electron chi connectivity index (χ0n) is 9.87. The fourth-order valence-corrected chi connectivity index (χ4v) is 0.831. The molecule has 1 atom stereocenters. The van der Waals surface area contributed by atoms with Gasteiger partial charge in [0.05, 0.1) is 13.0 Å². The summed E-state index contributed by atoms with van der Waals surface area (Å²) in [5, 5.41) is 29.0. The third-order valence-corrected chi connectivity index (χ3v) is 2.03. The van der Waals surface area contributed by atoms with Gasteiger partial charge in [-0.15, -0.1) is 0 Å². The van der Waals surface area contributed by atoms with Crippen molar-refractivity contribution in [2.24, 2.45) is 5.41 Å². The van der Waals surface area contributed by atoms with Gasteiger partial charge in [0.1, 0.15) is 6.10 Å². The molecule has 0 aliphatic carbocycles. The molecule has 0 aromatic carbocycles. The maximum Gasteiger partial charge on any atom is 0.316 e. The molecule has 0 bridgehead atoms. The number of carbonyl (C=O) groups is 2. The molecule has 1 unspecified atom stereocenters. The maximum absolute atomic E-state index is 11.3. The van der Waals surface area contributed by atoms with E-state index in [1.807, 2.05) is 0 Å². The molecule has 0 saturated heterocycles. The van der Waals surface area contributed by atoms with Crippen LogP contribution in [0.3, 0.4) is 0 Å². The van der Waals surface area contributed by atoms with E-state index in [0.29, 0.717) is 0 Å². The zero-order chi connectivity index (χ0) is 12.1. The van der Waals surface area contributed by atoms with Gasteiger partial charge in [0.25, 0.3) is 0 Å². The van der Waals surface area contributed by atoms with Crippen LogP contribution in [0.4, 0.5) is 0 Å². The van der Waals surface area contributed by atoms with Crippen LogP contribution >= 0.6 is 0 Å². The summed E-state index contributed by atoms with van der Waals surface area (Å²) in [5.41, 5.74) is -0.937. The van der Waals surface area contributed by atoms with Crippen LogP contribution in [0.15, 0.2) is 0 Å². The van der Waals surface area contributed by atoms with Crippen molar-refractivity contribution in [3.05, 3.63) is 0 Å². The number of rotatable bonds is 6. The molecule has 10 heteroatoms. The molecule has 1 radical (unpaired) electrons. The van der Waals surface area contributed by atoms with Crippen LogP contribution in [0.2, 0.25) is 0 Å². The first kappa shape index (κ1) is 32.8. The van der Waals surface area contributed by atoms with E-state index in [-0.39, 0.29) is 117 Å². The minimum atomic E-state index is -1.35. The van der Waals surface area contributed by atoms with Crippen LogP contribution in [0, 0.1) is 5.41 Å². The van der Waals surface area contributed by atoms with Crippen molar-refractivity contribution in [3.8, 4) is 0 Å². The van der Waals surface area contributed by atoms with Gasteiger partial charge in [-0.25, -0.2) is 0 Å². The van der Waals surface area contributed by atoms with Crippen molar-refractivity contribution in [1.29, 1.82) is 0 Å². The predicted molar refractivity (Wildman–Crippen MR) is 69.2 cm³/mol. The van der Waals surface area contributed by atoms with E-state index in [1.54, 1.807) is 0 Å². The fraction of sp³-hybridized carbons (Fsp3) is 0.778. The summed E-state index contributed by atoms with van der Waals surface area (Å²) in [4.78, 5) is 21.4. The molecule has 1 amide bonds. The van der Waals surface area contributed by atoms with E-state index < -0.39 is 23.4 Å². The van der Waals surface area contributed by atoms with Gasteiger partial charge < -0.3 is 20.6 Å².